The van der Waals surface area contributed by atoms with E-state index in [1.807, 2.05) is 54.6 Å². The molecule has 2 aromatic carbocycles. The molecule has 0 radical (unpaired) electrons. The van der Waals surface area contributed by atoms with Crippen molar-refractivity contribution in [3.05, 3.63) is 66.5 Å². The molecule has 1 fully saturated rings. The van der Waals surface area contributed by atoms with Gasteiger partial charge in [0.2, 0.25) is 0 Å². The number of nitrogens with zero attached hydrogens (tertiary/aromatic N) is 4. The molecule has 1 aliphatic heterocycles. The van der Waals surface area contributed by atoms with Crippen LogP contribution < -0.4 is 10.2 Å². The van der Waals surface area contributed by atoms with Gasteiger partial charge in [0, 0.05) is 31.6 Å². The van der Waals surface area contributed by atoms with Gasteiger partial charge in [-0.15, -0.1) is 5.10 Å². The molecule has 7 nitrogen and oxygen atoms in total. The Bertz CT molecular complexity index is 915. The lowest BCUT2D eigenvalue weighted by Gasteiger charge is -2.33. The summed E-state index contributed by atoms with van der Waals surface area (Å²) in [5.74, 6) is -0.282. The van der Waals surface area contributed by atoms with Gasteiger partial charge in [0.1, 0.15) is 0 Å². The first kappa shape index (κ1) is 18.2. The number of rotatable bonds is 5. The van der Waals surface area contributed by atoms with Crippen molar-refractivity contribution in [2.45, 2.75) is 18.9 Å². The summed E-state index contributed by atoms with van der Waals surface area (Å²) >= 11 is 0. The number of para-hydroxylation sites is 1. The lowest BCUT2D eigenvalue weighted by Crippen LogP contribution is -2.36. The number of piperidine rings is 1. The molecule has 7 heteroatoms. The van der Waals surface area contributed by atoms with Crippen LogP contribution in [-0.2, 0) is 4.74 Å². The maximum absolute atomic E-state index is 12.5. The number of nitrogens with one attached hydrogen (secondary N) is 1. The SMILES string of the molecule is COC1CCN(c2ccc(NC(=O)c3cnn(-c4ccccc4)n3)cc2)CC1. The van der Waals surface area contributed by atoms with E-state index in [1.54, 1.807) is 7.11 Å². The second kappa shape index (κ2) is 8.22. The van der Waals surface area contributed by atoms with Gasteiger partial charge in [-0.2, -0.15) is 9.90 Å². The molecule has 0 atom stereocenters. The first-order chi connectivity index (χ1) is 13.7. The summed E-state index contributed by atoms with van der Waals surface area (Å²) in [6, 6.07) is 17.4. The van der Waals surface area contributed by atoms with Crippen molar-refractivity contribution in [3.8, 4) is 5.69 Å². The molecule has 0 spiro atoms. The van der Waals surface area contributed by atoms with Crippen LogP contribution in [0, 0.1) is 0 Å². The second-order valence-electron chi connectivity index (χ2n) is 6.78. The first-order valence-electron chi connectivity index (χ1n) is 9.40. The standard InChI is InChI=1S/C21H23N5O2/c1-28-19-11-13-25(14-12-19)17-9-7-16(8-10-17)23-21(27)20-15-22-26(24-20)18-5-3-2-4-6-18/h2-10,15,19H,11-14H2,1H3,(H,23,27). The van der Waals surface area contributed by atoms with Gasteiger partial charge in [-0.25, -0.2) is 0 Å². The lowest BCUT2D eigenvalue weighted by atomic mass is 10.1. The molecule has 2 heterocycles. The highest BCUT2D eigenvalue weighted by atomic mass is 16.5. The molecule has 0 unspecified atom stereocenters. The minimum Gasteiger partial charge on any atom is -0.381 e. The molecule has 1 amide bonds. The summed E-state index contributed by atoms with van der Waals surface area (Å²) < 4.78 is 5.42. The zero-order valence-electron chi connectivity index (χ0n) is 15.8. The Morgan fingerprint density at radius 3 is 2.43 bits per heavy atom. The van der Waals surface area contributed by atoms with E-state index in [0.717, 1.165) is 43.0 Å². The third-order valence-corrected chi connectivity index (χ3v) is 4.98. The van der Waals surface area contributed by atoms with Gasteiger partial charge in [0.25, 0.3) is 5.91 Å². The summed E-state index contributed by atoms with van der Waals surface area (Å²) in [4.78, 5) is 16.2. The fourth-order valence-electron chi connectivity index (χ4n) is 3.35. The van der Waals surface area contributed by atoms with Gasteiger partial charge in [0.05, 0.1) is 18.0 Å². The number of aromatic nitrogens is 3. The molecular formula is C21H23N5O2. The summed E-state index contributed by atoms with van der Waals surface area (Å²) in [6.45, 7) is 1.96. The van der Waals surface area contributed by atoms with E-state index in [-0.39, 0.29) is 11.6 Å². The van der Waals surface area contributed by atoms with Crippen LogP contribution in [0.25, 0.3) is 5.69 Å². The van der Waals surface area contributed by atoms with E-state index in [0.29, 0.717) is 6.10 Å². The van der Waals surface area contributed by atoms with E-state index in [9.17, 15) is 4.79 Å². The Labute approximate surface area is 163 Å². The number of benzene rings is 2. The van der Waals surface area contributed by atoms with Crippen LogP contribution in [0.15, 0.2) is 60.8 Å². The molecule has 1 aromatic heterocycles. The van der Waals surface area contributed by atoms with Crippen LogP contribution in [0.3, 0.4) is 0 Å². The van der Waals surface area contributed by atoms with Crippen molar-refractivity contribution in [2.24, 2.45) is 0 Å². The molecule has 3 aromatic rings. The Hall–Kier alpha value is -3.19. The zero-order valence-corrected chi connectivity index (χ0v) is 15.8. The largest absolute Gasteiger partial charge is 0.381 e. The van der Waals surface area contributed by atoms with Crippen molar-refractivity contribution >= 4 is 17.3 Å². The average molecular weight is 377 g/mol. The Morgan fingerprint density at radius 1 is 1.04 bits per heavy atom. The van der Waals surface area contributed by atoms with Crippen molar-refractivity contribution in [3.63, 3.8) is 0 Å². The predicted molar refractivity (Wildman–Crippen MR) is 108 cm³/mol. The number of carbonyl (C=O) groups excluding carboxylic acids is 1. The van der Waals surface area contributed by atoms with Crippen molar-refractivity contribution in [1.82, 2.24) is 15.0 Å². The molecule has 0 saturated carbocycles. The van der Waals surface area contributed by atoms with Crippen LogP contribution in [-0.4, -0.2) is 47.2 Å². The van der Waals surface area contributed by atoms with Crippen molar-refractivity contribution < 1.29 is 9.53 Å². The molecule has 0 aliphatic carbocycles. The number of carbonyl (C=O) groups is 1. The van der Waals surface area contributed by atoms with Crippen LogP contribution in [0.2, 0.25) is 0 Å². The zero-order chi connectivity index (χ0) is 19.3. The van der Waals surface area contributed by atoms with Crippen LogP contribution in [0.5, 0.6) is 0 Å². The van der Waals surface area contributed by atoms with E-state index in [2.05, 4.69) is 20.4 Å². The number of hydrogen-bond donors (Lipinski definition) is 1. The van der Waals surface area contributed by atoms with Crippen molar-refractivity contribution in [2.75, 3.05) is 30.4 Å². The number of anilines is 2. The van der Waals surface area contributed by atoms with Crippen LogP contribution in [0.1, 0.15) is 23.3 Å². The van der Waals surface area contributed by atoms with Crippen LogP contribution >= 0.6 is 0 Å². The Balaban J connectivity index is 1.38. The highest BCUT2D eigenvalue weighted by molar-refractivity contribution is 6.02. The molecule has 144 valence electrons. The number of ether oxygens (including phenoxy) is 1. The fraction of sp³-hybridized carbons (Fsp3) is 0.286. The molecule has 1 aliphatic rings. The highest BCUT2D eigenvalue weighted by Gasteiger charge is 2.19. The normalized spacial score (nSPS) is 14.8. The molecular weight excluding hydrogens is 354 g/mol. The Kier molecular flexibility index (Phi) is 5.34. The monoisotopic (exact) mass is 377 g/mol. The summed E-state index contributed by atoms with van der Waals surface area (Å²) in [7, 11) is 1.77. The average Bonchev–Trinajstić information content (AvgIpc) is 3.26. The third-order valence-electron chi connectivity index (χ3n) is 4.98. The molecule has 4 rings (SSSR count). The number of amides is 1. The van der Waals surface area contributed by atoms with E-state index < -0.39 is 0 Å². The predicted octanol–water partition coefficient (Wildman–Crippen LogP) is 3.13. The summed E-state index contributed by atoms with van der Waals surface area (Å²) in [5, 5.41) is 11.3. The molecule has 1 saturated heterocycles. The number of hydrogen-bond acceptors (Lipinski definition) is 5. The molecule has 28 heavy (non-hydrogen) atoms. The van der Waals surface area contributed by atoms with Gasteiger partial charge < -0.3 is 15.0 Å². The summed E-state index contributed by atoms with van der Waals surface area (Å²) in [5.41, 5.74) is 2.97. The minimum absolute atomic E-state index is 0.273. The van der Waals surface area contributed by atoms with Gasteiger partial charge >= 0.3 is 0 Å². The molecule has 0 bridgehead atoms. The number of methoxy groups -OCH3 is 1. The van der Waals surface area contributed by atoms with Gasteiger partial charge in [-0.1, -0.05) is 18.2 Å². The van der Waals surface area contributed by atoms with Crippen LogP contribution in [0.4, 0.5) is 11.4 Å². The van der Waals surface area contributed by atoms with E-state index >= 15 is 0 Å². The third kappa shape index (κ3) is 4.04. The minimum atomic E-state index is -0.282. The highest BCUT2D eigenvalue weighted by Crippen LogP contribution is 2.23. The maximum atomic E-state index is 12.5. The molecule has 1 N–H and O–H groups in total. The van der Waals surface area contributed by atoms with Crippen molar-refractivity contribution in [1.29, 1.82) is 0 Å². The summed E-state index contributed by atoms with van der Waals surface area (Å²) in [6.07, 6.45) is 3.90. The van der Waals surface area contributed by atoms with E-state index in [4.69, 9.17) is 4.74 Å². The van der Waals surface area contributed by atoms with E-state index in [1.165, 1.54) is 11.0 Å². The van der Waals surface area contributed by atoms with Gasteiger partial charge in [0.15, 0.2) is 5.69 Å². The first-order valence-corrected chi connectivity index (χ1v) is 9.40. The quantitative estimate of drug-likeness (QED) is 0.740. The topological polar surface area (TPSA) is 72.3 Å². The Morgan fingerprint density at radius 2 is 1.75 bits per heavy atom. The maximum Gasteiger partial charge on any atom is 0.277 e. The lowest BCUT2D eigenvalue weighted by molar-refractivity contribution is 0.0819. The van der Waals surface area contributed by atoms with Gasteiger partial charge in [-0.3, -0.25) is 4.79 Å². The smallest absolute Gasteiger partial charge is 0.277 e. The fourth-order valence-corrected chi connectivity index (χ4v) is 3.35. The van der Waals surface area contributed by atoms with Gasteiger partial charge in [-0.05, 0) is 49.2 Å². The second-order valence-corrected chi connectivity index (χ2v) is 6.78.